The number of benzene rings is 1. The van der Waals surface area contributed by atoms with Gasteiger partial charge in [0.1, 0.15) is 5.75 Å². The first kappa shape index (κ1) is 18.5. The number of thioether (sulfide) groups is 1. The largest absolute Gasteiger partial charge is 0.479 e. The summed E-state index contributed by atoms with van der Waals surface area (Å²) in [5.41, 5.74) is 1.07. The molecule has 2 aliphatic heterocycles. The maximum Gasteiger partial charge on any atom is 0.344 e. The lowest BCUT2D eigenvalue weighted by atomic mass is 10.0. The van der Waals surface area contributed by atoms with E-state index in [4.69, 9.17) is 9.84 Å². The number of aliphatic carboxylic acids is 1. The smallest absolute Gasteiger partial charge is 0.344 e. The third kappa shape index (κ3) is 5.12. The first-order valence-electron chi connectivity index (χ1n) is 9.15. The lowest BCUT2D eigenvalue weighted by Crippen LogP contribution is -2.47. The van der Waals surface area contributed by atoms with Crippen LogP contribution in [0.1, 0.15) is 25.3 Å². The molecule has 25 heavy (non-hydrogen) atoms. The Morgan fingerprint density at radius 1 is 1.24 bits per heavy atom. The molecule has 0 bridgehead atoms. The number of piperidine rings is 1. The molecule has 0 aromatic heterocycles. The van der Waals surface area contributed by atoms with E-state index in [9.17, 15) is 4.79 Å². The molecule has 1 N–H and O–H groups in total. The van der Waals surface area contributed by atoms with Crippen molar-refractivity contribution < 1.29 is 14.6 Å². The Balaban J connectivity index is 1.54. The number of carboxylic acids is 1. The fraction of sp³-hybridized carbons (Fsp3) is 0.632. The van der Waals surface area contributed by atoms with Gasteiger partial charge in [-0.25, -0.2) is 4.79 Å². The van der Waals surface area contributed by atoms with Gasteiger partial charge >= 0.3 is 5.97 Å². The van der Waals surface area contributed by atoms with Crippen LogP contribution in [0.15, 0.2) is 24.3 Å². The van der Waals surface area contributed by atoms with Crippen molar-refractivity contribution in [2.45, 2.75) is 38.5 Å². The van der Waals surface area contributed by atoms with E-state index in [1.165, 1.54) is 37.4 Å². The highest BCUT2D eigenvalue weighted by atomic mass is 32.2. The highest BCUT2D eigenvalue weighted by molar-refractivity contribution is 7.99. The molecule has 2 aliphatic rings. The van der Waals surface area contributed by atoms with Crippen molar-refractivity contribution >= 4 is 17.7 Å². The fourth-order valence-electron chi connectivity index (χ4n) is 3.62. The van der Waals surface area contributed by atoms with Crippen LogP contribution in [-0.2, 0) is 11.3 Å². The Kier molecular flexibility index (Phi) is 6.62. The van der Waals surface area contributed by atoms with E-state index in [-0.39, 0.29) is 0 Å². The summed E-state index contributed by atoms with van der Waals surface area (Å²) in [6, 6.07) is 8.53. The van der Waals surface area contributed by atoms with Crippen LogP contribution in [0, 0.1) is 0 Å². The predicted octanol–water partition coefficient (Wildman–Crippen LogP) is 2.55. The summed E-state index contributed by atoms with van der Waals surface area (Å²) in [5.74, 6) is 2.29. The van der Waals surface area contributed by atoms with E-state index in [1.54, 1.807) is 6.92 Å². The molecule has 0 spiro atoms. The molecule has 0 unspecified atom stereocenters. The zero-order valence-corrected chi connectivity index (χ0v) is 15.7. The molecule has 6 heteroatoms. The SMILES string of the molecule is C[C@H](Oc1ccccc1CN1CCC(N2CCSCC2)CC1)C(=O)O. The van der Waals surface area contributed by atoms with Crippen molar-refractivity contribution in [3.63, 3.8) is 0 Å². The second kappa shape index (κ2) is 8.92. The summed E-state index contributed by atoms with van der Waals surface area (Å²) in [6.07, 6.45) is 1.61. The van der Waals surface area contributed by atoms with Crippen LogP contribution in [-0.4, -0.2) is 70.7 Å². The molecule has 0 saturated carbocycles. The molecule has 138 valence electrons. The van der Waals surface area contributed by atoms with Crippen LogP contribution in [0.3, 0.4) is 0 Å². The molecular formula is C19H28N2O3S. The van der Waals surface area contributed by atoms with Gasteiger partial charge in [0.2, 0.25) is 0 Å². The summed E-state index contributed by atoms with van der Waals surface area (Å²) < 4.78 is 5.63. The zero-order chi connectivity index (χ0) is 17.6. The number of para-hydroxylation sites is 1. The number of hydrogen-bond acceptors (Lipinski definition) is 5. The normalized spacial score (nSPS) is 21.8. The molecule has 3 rings (SSSR count). The van der Waals surface area contributed by atoms with Crippen molar-refractivity contribution in [2.24, 2.45) is 0 Å². The van der Waals surface area contributed by atoms with Gasteiger partial charge in [-0.1, -0.05) is 18.2 Å². The highest BCUT2D eigenvalue weighted by Crippen LogP contribution is 2.25. The van der Waals surface area contributed by atoms with E-state index in [0.29, 0.717) is 5.75 Å². The summed E-state index contributed by atoms with van der Waals surface area (Å²) in [4.78, 5) is 16.2. The topological polar surface area (TPSA) is 53.0 Å². The van der Waals surface area contributed by atoms with Crippen LogP contribution in [0.5, 0.6) is 5.75 Å². The summed E-state index contributed by atoms with van der Waals surface area (Å²) in [7, 11) is 0. The number of carbonyl (C=O) groups is 1. The average Bonchev–Trinajstić information content (AvgIpc) is 2.64. The Morgan fingerprint density at radius 2 is 1.92 bits per heavy atom. The van der Waals surface area contributed by atoms with Gasteiger partial charge in [-0.2, -0.15) is 11.8 Å². The standard InChI is InChI=1S/C19H28N2O3S/c1-15(19(22)23)24-18-5-3-2-4-16(18)14-20-8-6-17(7-9-20)21-10-12-25-13-11-21/h2-5,15,17H,6-14H2,1H3,(H,22,23)/t15-/m0/s1. The van der Waals surface area contributed by atoms with Crippen LogP contribution in [0.4, 0.5) is 0 Å². The van der Waals surface area contributed by atoms with Gasteiger partial charge in [-0.3, -0.25) is 9.80 Å². The Bertz CT molecular complexity index is 570. The van der Waals surface area contributed by atoms with E-state index >= 15 is 0 Å². The van der Waals surface area contributed by atoms with Crippen LogP contribution < -0.4 is 4.74 Å². The van der Waals surface area contributed by atoms with Gasteiger partial charge in [-0.05, 0) is 38.9 Å². The summed E-state index contributed by atoms with van der Waals surface area (Å²) in [5, 5.41) is 9.07. The van der Waals surface area contributed by atoms with Gasteiger partial charge in [0, 0.05) is 42.7 Å². The Labute approximate surface area is 154 Å². The van der Waals surface area contributed by atoms with E-state index < -0.39 is 12.1 Å². The molecular weight excluding hydrogens is 336 g/mol. The van der Waals surface area contributed by atoms with Crippen molar-refractivity contribution in [1.82, 2.24) is 9.80 Å². The predicted molar refractivity (Wildman–Crippen MR) is 101 cm³/mol. The van der Waals surface area contributed by atoms with E-state index in [0.717, 1.165) is 31.2 Å². The second-order valence-corrected chi connectivity index (χ2v) is 8.09. The van der Waals surface area contributed by atoms with E-state index in [1.807, 2.05) is 24.3 Å². The highest BCUT2D eigenvalue weighted by Gasteiger charge is 2.26. The summed E-state index contributed by atoms with van der Waals surface area (Å²) in [6.45, 7) is 7.05. The minimum absolute atomic E-state index is 0.688. The number of rotatable bonds is 6. The van der Waals surface area contributed by atoms with Crippen LogP contribution >= 0.6 is 11.8 Å². The number of carboxylic acid groups (broad SMARTS) is 1. The molecule has 1 aromatic carbocycles. The third-order valence-electron chi connectivity index (χ3n) is 5.14. The summed E-state index contributed by atoms with van der Waals surface area (Å²) >= 11 is 2.07. The molecule has 1 atom stereocenters. The number of hydrogen-bond donors (Lipinski definition) is 1. The van der Waals surface area contributed by atoms with Crippen LogP contribution in [0.2, 0.25) is 0 Å². The minimum Gasteiger partial charge on any atom is -0.479 e. The minimum atomic E-state index is -0.935. The molecule has 2 saturated heterocycles. The fourth-order valence-corrected chi connectivity index (χ4v) is 4.55. The van der Waals surface area contributed by atoms with Crippen molar-refractivity contribution in [2.75, 3.05) is 37.7 Å². The maximum absolute atomic E-state index is 11.0. The molecule has 0 aliphatic carbocycles. The molecule has 5 nitrogen and oxygen atoms in total. The van der Waals surface area contributed by atoms with Crippen molar-refractivity contribution in [3.8, 4) is 5.75 Å². The van der Waals surface area contributed by atoms with Gasteiger partial charge in [-0.15, -0.1) is 0 Å². The van der Waals surface area contributed by atoms with Crippen molar-refractivity contribution in [1.29, 1.82) is 0 Å². The number of nitrogens with zero attached hydrogens (tertiary/aromatic N) is 2. The maximum atomic E-state index is 11.0. The lowest BCUT2D eigenvalue weighted by molar-refractivity contribution is -0.144. The quantitative estimate of drug-likeness (QED) is 0.837. The Morgan fingerprint density at radius 3 is 2.60 bits per heavy atom. The van der Waals surface area contributed by atoms with Gasteiger partial charge in [0.15, 0.2) is 6.10 Å². The lowest BCUT2D eigenvalue weighted by Gasteiger charge is -2.40. The molecule has 2 heterocycles. The van der Waals surface area contributed by atoms with Crippen molar-refractivity contribution in [3.05, 3.63) is 29.8 Å². The molecule has 0 radical (unpaired) electrons. The average molecular weight is 365 g/mol. The molecule has 0 amide bonds. The van der Waals surface area contributed by atoms with Crippen LogP contribution in [0.25, 0.3) is 0 Å². The third-order valence-corrected chi connectivity index (χ3v) is 6.08. The Hall–Kier alpha value is -1.24. The molecule has 2 fully saturated rings. The number of ether oxygens (including phenoxy) is 1. The van der Waals surface area contributed by atoms with Gasteiger partial charge in [0.25, 0.3) is 0 Å². The van der Waals surface area contributed by atoms with Gasteiger partial charge in [0.05, 0.1) is 0 Å². The first-order valence-corrected chi connectivity index (χ1v) is 10.3. The molecule has 1 aromatic rings. The first-order chi connectivity index (χ1) is 12.1. The van der Waals surface area contributed by atoms with E-state index in [2.05, 4.69) is 21.6 Å². The van der Waals surface area contributed by atoms with Gasteiger partial charge < -0.3 is 9.84 Å². The second-order valence-electron chi connectivity index (χ2n) is 6.86. The zero-order valence-electron chi connectivity index (χ0n) is 14.9. The monoisotopic (exact) mass is 364 g/mol. The number of likely N-dealkylation sites (tertiary alicyclic amines) is 1.